The van der Waals surface area contributed by atoms with Crippen molar-refractivity contribution in [2.45, 2.75) is 25.7 Å². The van der Waals surface area contributed by atoms with Crippen molar-refractivity contribution in [1.29, 1.82) is 0 Å². The van der Waals surface area contributed by atoms with Gasteiger partial charge in [0, 0.05) is 31.4 Å². The number of oxazole rings is 1. The van der Waals surface area contributed by atoms with E-state index >= 15 is 0 Å². The van der Waals surface area contributed by atoms with Gasteiger partial charge in [0.15, 0.2) is 17.2 Å². The molecule has 2 aromatic carbocycles. The summed E-state index contributed by atoms with van der Waals surface area (Å²) < 4.78 is 7.53. The summed E-state index contributed by atoms with van der Waals surface area (Å²) in [5.74, 6) is 1.68. The van der Waals surface area contributed by atoms with Crippen LogP contribution in [0.2, 0.25) is 0 Å². The van der Waals surface area contributed by atoms with Gasteiger partial charge in [-0.3, -0.25) is 4.57 Å². The monoisotopic (exact) mass is 399 g/mol. The Kier molecular flexibility index (Phi) is 4.28. The van der Waals surface area contributed by atoms with Crippen molar-refractivity contribution >= 4 is 33.5 Å². The Hall–Kier alpha value is -3.66. The van der Waals surface area contributed by atoms with E-state index in [1.165, 1.54) is 10.1 Å². The van der Waals surface area contributed by atoms with Gasteiger partial charge in [0.2, 0.25) is 0 Å². The number of piperidine rings is 1. The lowest BCUT2D eigenvalue weighted by Gasteiger charge is -2.32. The van der Waals surface area contributed by atoms with Crippen molar-refractivity contribution in [3.8, 4) is 0 Å². The van der Waals surface area contributed by atoms with Gasteiger partial charge < -0.3 is 9.32 Å². The third kappa shape index (κ3) is 3.01. The lowest BCUT2D eigenvalue weighted by Crippen LogP contribution is -2.35. The summed E-state index contributed by atoms with van der Waals surface area (Å²) in [6.45, 7) is 10.9. The fraction of sp³-hybridized carbons (Fsp3) is 0.304. The Labute approximate surface area is 173 Å². The summed E-state index contributed by atoms with van der Waals surface area (Å²) in [5, 5.41) is 0.835. The molecule has 0 N–H and O–H groups in total. The zero-order valence-electron chi connectivity index (χ0n) is 16.9. The van der Waals surface area contributed by atoms with Crippen molar-refractivity contribution in [1.82, 2.24) is 14.5 Å². The molecule has 1 aliphatic rings. The van der Waals surface area contributed by atoms with Crippen LogP contribution in [0.25, 0.3) is 26.8 Å². The van der Waals surface area contributed by atoms with Crippen molar-refractivity contribution < 1.29 is 4.42 Å². The number of rotatable bonds is 2. The van der Waals surface area contributed by atoms with Crippen molar-refractivity contribution in [3.05, 3.63) is 69.8 Å². The number of hydrogen-bond acceptors (Lipinski definition) is 5. The number of fused-ring (bicyclic) bond motifs is 2. The molecule has 7 nitrogen and oxygen atoms in total. The van der Waals surface area contributed by atoms with Gasteiger partial charge in [-0.15, -0.1) is 0 Å². The molecule has 2 aromatic heterocycles. The number of hydrogen-bond donors (Lipinski definition) is 0. The summed E-state index contributed by atoms with van der Waals surface area (Å²) in [6.07, 6.45) is 1.74. The molecule has 7 heteroatoms. The van der Waals surface area contributed by atoms with Crippen LogP contribution in [0.3, 0.4) is 0 Å². The standard InChI is InChI=1S/C23H21N5O2/c1-14-4-7-20-18(12-14)25-22(30-20)15-8-10-28(11-9-15)21-17-13-16(24-2)5-6-19(17)27(3)23(29)26-21/h4-7,12-13,15H,8-11H2,1,3H3. The van der Waals surface area contributed by atoms with Crippen LogP contribution in [0.15, 0.2) is 45.6 Å². The summed E-state index contributed by atoms with van der Waals surface area (Å²) in [6, 6.07) is 11.4. The molecule has 0 saturated carbocycles. The number of benzene rings is 2. The molecule has 1 aliphatic heterocycles. The molecule has 1 saturated heterocycles. The minimum absolute atomic E-state index is 0.241. The van der Waals surface area contributed by atoms with Gasteiger partial charge in [0.05, 0.1) is 12.1 Å². The maximum absolute atomic E-state index is 12.4. The summed E-state index contributed by atoms with van der Waals surface area (Å²) >= 11 is 0. The van der Waals surface area contributed by atoms with E-state index in [2.05, 4.69) is 14.7 Å². The molecule has 1 fully saturated rings. The van der Waals surface area contributed by atoms with Gasteiger partial charge in [0.25, 0.3) is 0 Å². The largest absolute Gasteiger partial charge is 0.440 e. The smallest absolute Gasteiger partial charge is 0.349 e. The Balaban J connectivity index is 1.45. The van der Waals surface area contributed by atoms with Crippen molar-refractivity contribution in [2.75, 3.05) is 18.0 Å². The van der Waals surface area contributed by atoms with E-state index in [9.17, 15) is 4.79 Å². The fourth-order valence-corrected chi connectivity index (χ4v) is 4.20. The molecule has 0 aliphatic carbocycles. The highest BCUT2D eigenvalue weighted by atomic mass is 16.3. The second-order valence-electron chi connectivity index (χ2n) is 7.87. The number of anilines is 1. The Morgan fingerprint density at radius 3 is 2.70 bits per heavy atom. The Morgan fingerprint density at radius 2 is 1.93 bits per heavy atom. The van der Waals surface area contributed by atoms with Gasteiger partial charge in [-0.2, -0.15) is 4.98 Å². The van der Waals surface area contributed by atoms with Gasteiger partial charge in [-0.05, 0) is 49.6 Å². The van der Waals surface area contributed by atoms with E-state index in [1.807, 2.05) is 37.3 Å². The SMILES string of the molecule is [C-]#[N+]c1ccc2c(c1)c(N1CCC(c3nc4cc(C)ccc4o3)CC1)nc(=O)n2C. The zero-order chi connectivity index (χ0) is 20.8. The lowest BCUT2D eigenvalue weighted by molar-refractivity contribution is 0.406. The average molecular weight is 399 g/mol. The topological polar surface area (TPSA) is 68.5 Å². The normalized spacial score (nSPS) is 15.0. The highest BCUT2D eigenvalue weighted by Gasteiger charge is 2.27. The predicted octanol–water partition coefficient (Wildman–Crippen LogP) is 4.32. The molecule has 150 valence electrons. The maximum Gasteiger partial charge on any atom is 0.349 e. The molecule has 0 bridgehead atoms. The van der Waals surface area contributed by atoms with Crippen molar-refractivity contribution in [3.63, 3.8) is 0 Å². The van der Waals surface area contributed by atoms with Gasteiger partial charge in [-0.25, -0.2) is 14.6 Å². The predicted molar refractivity (Wildman–Crippen MR) is 116 cm³/mol. The first-order valence-electron chi connectivity index (χ1n) is 10.0. The van der Waals surface area contributed by atoms with E-state index in [0.29, 0.717) is 11.5 Å². The summed E-state index contributed by atoms with van der Waals surface area (Å²) in [7, 11) is 1.71. The minimum atomic E-state index is -0.287. The average Bonchev–Trinajstić information content (AvgIpc) is 3.19. The van der Waals surface area contributed by atoms with E-state index < -0.39 is 0 Å². The van der Waals surface area contributed by atoms with E-state index in [-0.39, 0.29) is 11.6 Å². The molecular formula is C23H21N5O2. The van der Waals surface area contributed by atoms with Gasteiger partial charge in [-0.1, -0.05) is 12.1 Å². The third-order valence-corrected chi connectivity index (χ3v) is 5.90. The molecule has 30 heavy (non-hydrogen) atoms. The maximum atomic E-state index is 12.4. The van der Waals surface area contributed by atoms with Crippen molar-refractivity contribution in [2.24, 2.45) is 7.05 Å². The second kappa shape index (κ2) is 6.99. The molecule has 5 rings (SSSR count). The van der Waals surface area contributed by atoms with Crippen LogP contribution in [-0.4, -0.2) is 27.6 Å². The van der Waals surface area contributed by atoms with Crippen LogP contribution in [0.4, 0.5) is 11.5 Å². The highest BCUT2D eigenvalue weighted by molar-refractivity contribution is 5.92. The van der Waals surface area contributed by atoms with E-state index in [1.54, 1.807) is 13.1 Å². The molecule has 0 unspecified atom stereocenters. The highest BCUT2D eigenvalue weighted by Crippen LogP contribution is 2.34. The molecular weight excluding hydrogens is 378 g/mol. The van der Waals surface area contributed by atoms with Crippen LogP contribution >= 0.6 is 0 Å². The number of aryl methyl sites for hydroxylation is 2. The fourth-order valence-electron chi connectivity index (χ4n) is 4.20. The summed E-state index contributed by atoms with van der Waals surface area (Å²) in [5.41, 5.74) is 3.93. The lowest BCUT2D eigenvalue weighted by atomic mass is 9.96. The Morgan fingerprint density at radius 1 is 1.13 bits per heavy atom. The first-order chi connectivity index (χ1) is 14.5. The summed E-state index contributed by atoms with van der Waals surface area (Å²) in [4.78, 5) is 27.1. The first-order valence-corrected chi connectivity index (χ1v) is 10.0. The van der Waals surface area contributed by atoms with E-state index in [4.69, 9.17) is 16.0 Å². The van der Waals surface area contributed by atoms with Crippen LogP contribution in [0, 0.1) is 13.5 Å². The van der Waals surface area contributed by atoms with Gasteiger partial charge in [0.1, 0.15) is 11.3 Å². The molecule has 0 spiro atoms. The molecule has 0 atom stereocenters. The quantitative estimate of drug-likeness (QED) is 0.470. The third-order valence-electron chi connectivity index (χ3n) is 5.90. The molecule has 3 heterocycles. The molecule has 0 radical (unpaired) electrons. The first kappa shape index (κ1) is 18.4. The second-order valence-corrected chi connectivity index (χ2v) is 7.87. The number of nitrogens with zero attached hydrogens (tertiary/aromatic N) is 5. The van der Waals surface area contributed by atoms with E-state index in [0.717, 1.165) is 53.8 Å². The van der Waals surface area contributed by atoms with Crippen LogP contribution in [0.5, 0.6) is 0 Å². The minimum Gasteiger partial charge on any atom is -0.440 e. The number of aromatic nitrogens is 3. The molecule has 0 amide bonds. The Bertz CT molecular complexity index is 1370. The van der Waals surface area contributed by atoms with Crippen LogP contribution in [0.1, 0.15) is 30.2 Å². The van der Waals surface area contributed by atoms with Gasteiger partial charge >= 0.3 is 5.69 Å². The molecule has 4 aromatic rings. The van der Waals surface area contributed by atoms with Crippen LogP contribution < -0.4 is 10.6 Å². The zero-order valence-corrected chi connectivity index (χ0v) is 16.9. The van der Waals surface area contributed by atoms with Crippen LogP contribution in [-0.2, 0) is 7.05 Å².